The zero-order valence-electron chi connectivity index (χ0n) is 9.91. The first-order valence-corrected chi connectivity index (χ1v) is 6.90. The van der Waals surface area contributed by atoms with Gasteiger partial charge in [0.15, 0.2) is 0 Å². The van der Waals surface area contributed by atoms with E-state index in [9.17, 15) is 4.79 Å². The van der Waals surface area contributed by atoms with E-state index in [0.29, 0.717) is 22.5 Å². The summed E-state index contributed by atoms with van der Waals surface area (Å²) in [6, 6.07) is 5.61. The first-order chi connectivity index (χ1) is 8.00. The number of hydrogen-bond donors (Lipinski definition) is 0. The lowest BCUT2D eigenvalue weighted by atomic mass is 10.1. The van der Waals surface area contributed by atoms with E-state index in [1.807, 2.05) is 11.9 Å². The van der Waals surface area contributed by atoms with Crippen LogP contribution in [0.2, 0.25) is 5.02 Å². The second-order valence-corrected chi connectivity index (χ2v) is 5.88. The van der Waals surface area contributed by atoms with E-state index in [-0.39, 0.29) is 5.91 Å². The van der Waals surface area contributed by atoms with Crippen LogP contribution in [0.1, 0.15) is 30.1 Å². The summed E-state index contributed by atoms with van der Waals surface area (Å²) in [5.41, 5.74) is 0.677. The quantitative estimate of drug-likeness (QED) is 0.826. The maximum absolute atomic E-state index is 12.2. The van der Waals surface area contributed by atoms with Crippen molar-refractivity contribution < 1.29 is 4.79 Å². The Balaban J connectivity index is 2.15. The molecule has 0 aliphatic heterocycles. The maximum Gasteiger partial charge on any atom is 0.253 e. The van der Waals surface area contributed by atoms with Crippen LogP contribution in [0.25, 0.3) is 0 Å². The van der Waals surface area contributed by atoms with E-state index in [1.54, 1.807) is 18.2 Å². The Hall–Kier alpha value is -0.540. The lowest BCUT2D eigenvalue weighted by Crippen LogP contribution is -2.36. The normalized spacial score (nSPS) is 16.7. The third-order valence-corrected chi connectivity index (χ3v) is 4.62. The summed E-state index contributed by atoms with van der Waals surface area (Å²) in [6.45, 7) is 2.11. The van der Waals surface area contributed by atoms with Gasteiger partial charge in [-0.15, -0.1) is 0 Å². The highest BCUT2D eigenvalue weighted by atomic mass is 79.9. The van der Waals surface area contributed by atoms with Crippen LogP contribution in [0.3, 0.4) is 0 Å². The zero-order valence-corrected chi connectivity index (χ0v) is 12.3. The smallest absolute Gasteiger partial charge is 0.253 e. The molecule has 1 atom stereocenters. The van der Waals surface area contributed by atoms with Gasteiger partial charge in [-0.2, -0.15) is 0 Å². The van der Waals surface area contributed by atoms with Crippen molar-refractivity contribution in [3.05, 3.63) is 33.3 Å². The number of carbonyl (C=O) groups excluding carboxylic acids is 1. The molecule has 17 heavy (non-hydrogen) atoms. The zero-order chi connectivity index (χ0) is 12.6. The van der Waals surface area contributed by atoms with Gasteiger partial charge in [0.2, 0.25) is 0 Å². The molecule has 0 spiro atoms. The van der Waals surface area contributed by atoms with E-state index in [4.69, 9.17) is 11.6 Å². The van der Waals surface area contributed by atoms with Gasteiger partial charge in [0.25, 0.3) is 5.91 Å². The summed E-state index contributed by atoms with van der Waals surface area (Å²) >= 11 is 9.26. The molecule has 0 heterocycles. The molecule has 92 valence electrons. The summed E-state index contributed by atoms with van der Waals surface area (Å²) < 4.78 is 0.762. The van der Waals surface area contributed by atoms with Gasteiger partial charge in [-0.25, -0.2) is 0 Å². The van der Waals surface area contributed by atoms with E-state index < -0.39 is 0 Å². The van der Waals surface area contributed by atoms with Gasteiger partial charge in [0.05, 0.1) is 5.02 Å². The third-order valence-electron chi connectivity index (χ3n) is 3.40. The molecule has 1 aromatic carbocycles. The van der Waals surface area contributed by atoms with Gasteiger partial charge in [-0.3, -0.25) is 4.79 Å². The van der Waals surface area contributed by atoms with Gasteiger partial charge < -0.3 is 4.90 Å². The fourth-order valence-electron chi connectivity index (χ4n) is 1.91. The minimum Gasteiger partial charge on any atom is -0.339 e. The lowest BCUT2D eigenvalue weighted by molar-refractivity contribution is 0.0727. The molecule has 0 N–H and O–H groups in total. The average molecular weight is 317 g/mol. The van der Waals surface area contributed by atoms with Gasteiger partial charge in [-0.1, -0.05) is 11.6 Å². The first kappa shape index (κ1) is 12.9. The Morgan fingerprint density at radius 3 is 2.71 bits per heavy atom. The van der Waals surface area contributed by atoms with Crippen LogP contribution in [0.4, 0.5) is 0 Å². The Bertz CT molecular complexity index is 445. The molecule has 0 saturated heterocycles. The topological polar surface area (TPSA) is 20.3 Å². The predicted octanol–water partition coefficient (Wildman–Crippen LogP) is 3.97. The van der Waals surface area contributed by atoms with E-state index >= 15 is 0 Å². The van der Waals surface area contributed by atoms with Crippen LogP contribution >= 0.6 is 27.5 Å². The molecule has 1 aromatic rings. The average Bonchev–Trinajstić information content (AvgIpc) is 3.14. The fraction of sp³-hybridized carbons (Fsp3) is 0.462. The van der Waals surface area contributed by atoms with E-state index in [1.165, 1.54) is 12.8 Å². The number of rotatable bonds is 3. The van der Waals surface area contributed by atoms with Crippen molar-refractivity contribution in [2.75, 3.05) is 7.05 Å². The third kappa shape index (κ3) is 2.83. The van der Waals surface area contributed by atoms with Gasteiger partial charge in [0, 0.05) is 23.1 Å². The van der Waals surface area contributed by atoms with Gasteiger partial charge in [-0.05, 0) is 59.8 Å². The molecule has 2 nitrogen and oxygen atoms in total. The maximum atomic E-state index is 12.2. The largest absolute Gasteiger partial charge is 0.339 e. The molecule has 1 fully saturated rings. The highest BCUT2D eigenvalue weighted by molar-refractivity contribution is 9.10. The summed E-state index contributed by atoms with van der Waals surface area (Å²) in [5, 5.41) is 0.624. The molecule has 1 unspecified atom stereocenters. The van der Waals surface area contributed by atoms with Crippen LogP contribution in [-0.2, 0) is 0 Å². The van der Waals surface area contributed by atoms with Crippen LogP contribution in [0.15, 0.2) is 22.7 Å². The Morgan fingerprint density at radius 1 is 1.53 bits per heavy atom. The van der Waals surface area contributed by atoms with Crippen molar-refractivity contribution in [1.82, 2.24) is 4.90 Å². The minimum atomic E-state index is 0.0572. The molecule has 4 heteroatoms. The van der Waals surface area contributed by atoms with Gasteiger partial charge >= 0.3 is 0 Å². The number of hydrogen-bond acceptors (Lipinski definition) is 1. The van der Waals surface area contributed by atoms with Gasteiger partial charge in [0.1, 0.15) is 0 Å². The molecule has 1 saturated carbocycles. The Kier molecular flexibility index (Phi) is 3.79. The van der Waals surface area contributed by atoms with E-state index in [0.717, 1.165) is 4.47 Å². The number of benzene rings is 1. The van der Waals surface area contributed by atoms with Crippen LogP contribution in [0, 0.1) is 5.92 Å². The molecular weight excluding hydrogens is 302 g/mol. The number of carbonyl (C=O) groups is 1. The molecular formula is C13H15BrClNO. The standard InChI is InChI=1S/C13H15BrClNO/c1-8(9-3-4-9)16(2)13(17)10-5-6-12(15)11(14)7-10/h5-9H,3-4H2,1-2H3. The summed E-state index contributed by atoms with van der Waals surface area (Å²) in [7, 11) is 1.87. The molecule has 1 aliphatic carbocycles. The number of amides is 1. The second kappa shape index (κ2) is 4.99. The van der Waals surface area contributed by atoms with Crippen molar-refractivity contribution in [2.45, 2.75) is 25.8 Å². The van der Waals surface area contributed by atoms with Crippen LogP contribution in [-0.4, -0.2) is 23.9 Å². The molecule has 0 bridgehead atoms. The molecule has 1 aliphatic rings. The van der Waals surface area contributed by atoms with E-state index in [2.05, 4.69) is 22.9 Å². The van der Waals surface area contributed by atoms with Crippen molar-refractivity contribution in [3.8, 4) is 0 Å². The molecule has 2 rings (SSSR count). The molecule has 1 amide bonds. The van der Waals surface area contributed by atoms with Crippen molar-refractivity contribution >= 4 is 33.4 Å². The summed E-state index contributed by atoms with van der Waals surface area (Å²) in [5.74, 6) is 0.737. The predicted molar refractivity (Wildman–Crippen MR) is 73.4 cm³/mol. The van der Waals surface area contributed by atoms with Crippen LogP contribution < -0.4 is 0 Å². The lowest BCUT2D eigenvalue weighted by Gasteiger charge is -2.25. The first-order valence-electron chi connectivity index (χ1n) is 5.73. The number of halogens is 2. The molecule has 0 radical (unpaired) electrons. The van der Waals surface area contributed by atoms with Crippen molar-refractivity contribution in [3.63, 3.8) is 0 Å². The van der Waals surface area contributed by atoms with Crippen molar-refractivity contribution in [2.24, 2.45) is 5.92 Å². The highest BCUT2D eigenvalue weighted by Gasteiger charge is 2.32. The van der Waals surface area contributed by atoms with Crippen LogP contribution in [0.5, 0.6) is 0 Å². The summed E-state index contributed by atoms with van der Waals surface area (Å²) in [4.78, 5) is 14.1. The number of nitrogens with zero attached hydrogens (tertiary/aromatic N) is 1. The summed E-state index contributed by atoms with van der Waals surface area (Å²) in [6.07, 6.45) is 2.48. The second-order valence-electron chi connectivity index (χ2n) is 4.62. The Morgan fingerprint density at radius 2 is 2.18 bits per heavy atom. The fourth-order valence-corrected chi connectivity index (χ4v) is 2.41. The monoisotopic (exact) mass is 315 g/mol. The SMILES string of the molecule is CC(C1CC1)N(C)C(=O)c1ccc(Cl)c(Br)c1. The molecule has 0 aromatic heterocycles. The minimum absolute atomic E-state index is 0.0572. The highest BCUT2D eigenvalue weighted by Crippen LogP contribution is 2.35. The van der Waals surface area contributed by atoms with Crippen molar-refractivity contribution in [1.29, 1.82) is 0 Å². The Labute approximate surface area is 115 Å².